The lowest BCUT2D eigenvalue weighted by atomic mass is 10.9. The van der Waals surface area contributed by atoms with Gasteiger partial charge >= 0.3 is 7.60 Å². The minimum absolute atomic E-state index is 0.184. The standard InChI is InChI=1S/C6H12N3O4P/c1-3-12-14(11,13-4-2)6-5(10)7-9-8-6/h3-4H2,1-2H3,(H2,7,8,9,10). The molecule has 0 fully saturated rings. The third-order valence-corrected chi connectivity index (χ3v) is 3.41. The summed E-state index contributed by atoms with van der Waals surface area (Å²) >= 11 is 0. The third kappa shape index (κ3) is 2.12. The van der Waals surface area contributed by atoms with Crippen LogP contribution in [-0.2, 0) is 13.6 Å². The molecule has 8 heteroatoms. The van der Waals surface area contributed by atoms with Gasteiger partial charge in [0.05, 0.1) is 13.2 Å². The number of aromatic nitrogens is 3. The fourth-order valence-electron chi connectivity index (χ4n) is 0.923. The van der Waals surface area contributed by atoms with Gasteiger partial charge < -0.3 is 9.05 Å². The number of rotatable bonds is 5. The Labute approximate surface area is 80.3 Å². The monoisotopic (exact) mass is 221 g/mol. The van der Waals surface area contributed by atoms with E-state index in [0.29, 0.717) is 0 Å². The number of aromatic amines is 2. The molecule has 0 aliphatic carbocycles. The number of hydrogen-bond acceptors (Lipinski definition) is 5. The average molecular weight is 221 g/mol. The Balaban J connectivity index is 3.05. The van der Waals surface area contributed by atoms with Crippen LogP contribution < -0.4 is 11.0 Å². The van der Waals surface area contributed by atoms with E-state index in [-0.39, 0.29) is 18.6 Å². The number of H-pyrrole nitrogens is 2. The first-order chi connectivity index (χ1) is 6.64. The quantitative estimate of drug-likeness (QED) is 0.681. The molecule has 0 radical (unpaired) electrons. The van der Waals surface area contributed by atoms with Gasteiger partial charge in [-0.3, -0.25) is 9.36 Å². The maximum absolute atomic E-state index is 11.9. The van der Waals surface area contributed by atoms with Crippen LogP contribution in [0.3, 0.4) is 0 Å². The maximum Gasteiger partial charge on any atom is 0.387 e. The van der Waals surface area contributed by atoms with E-state index in [1.807, 2.05) is 0 Å². The van der Waals surface area contributed by atoms with Crippen molar-refractivity contribution in [3.8, 4) is 0 Å². The van der Waals surface area contributed by atoms with E-state index in [1.165, 1.54) is 0 Å². The molecule has 2 N–H and O–H groups in total. The highest BCUT2D eigenvalue weighted by atomic mass is 31.2. The Morgan fingerprint density at radius 1 is 1.36 bits per heavy atom. The first kappa shape index (κ1) is 11.2. The summed E-state index contributed by atoms with van der Waals surface area (Å²) in [4.78, 5) is 11.1. The number of hydrogen-bond donors (Lipinski definition) is 2. The summed E-state index contributed by atoms with van der Waals surface area (Å²) in [5.74, 6) is 0. The van der Waals surface area contributed by atoms with Crippen LogP contribution in [0.15, 0.2) is 4.79 Å². The smallest absolute Gasteiger partial charge is 0.304 e. The Bertz CT molecular complexity index is 374. The average Bonchev–Trinajstić information content (AvgIpc) is 2.52. The Morgan fingerprint density at radius 2 is 1.93 bits per heavy atom. The zero-order valence-corrected chi connectivity index (χ0v) is 8.84. The van der Waals surface area contributed by atoms with Gasteiger partial charge in [0.15, 0.2) is 0 Å². The van der Waals surface area contributed by atoms with Crippen molar-refractivity contribution < 1.29 is 13.6 Å². The van der Waals surface area contributed by atoms with Crippen LogP contribution in [0.4, 0.5) is 0 Å². The lowest BCUT2D eigenvalue weighted by molar-refractivity contribution is 0.229. The van der Waals surface area contributed by atoms with Gasteiger partial charge in [-0.25, -0.2) is 10.3 Å². The molecule has 80 valence electrons. The highest BCUT2D eigenvalue weighted by molar-refractivity contribution is 7.61. The zero-order chi connectivity index (χ0) is 10.6. The predicted octanol–water partition coefficient (Wildman–Crippen LogP) is -0.0106. The van der Waals surface area contributed by atoms with E-state index < -0.39 is 13.2 Å². The molecular formula is C6H12N3O4P. The highest BCUT2D eigenvalue weighted by Crippen LogP contribution is 2.44. The zero-order valence-electron chi connectivity index (χ0n) is 7.94. The van der Waals surface area contributed by atoms with Crippen LogP contribution in [0.5, 0.6) is 0 Å². The second-order valence-electron chi connectivity index (χ2n) is 2.33. The second kappa shape index (κ2) is 4.54. The molecule has 0 saturated heterocycles. The molecule has 0 bridgehead atoms. The summed E-state index contributed by atoms with van der Waals surface area (Å²) in [6.45, 7) is 3.69. The minimum atomic E-state index is -3.55. The van der Waals surface area contributed by atoms with Crippen LogP contribution in [0.25, 0.3) is 0 Å². The van der Waals surface area contributed by atoms with Gasteiger partial charge in [-0.05, 0) is 13.8 Å². The normalized spacial score (nSPS) is 11.9. The third-order valence-electron chi connectivity index (χ3n) is 1.39. The molecule has 0 amide bonds. The SMILES string of the molecule is CCOP(=O)(OCC)c1n[nH][nH]c1=O. The molecular weight excluding hydrogens is 209 g/mol. The van der Waals surface area contributed by atoms with Crippen LogP contribution in [-0.4, -0.2) is 28.6 Å². The van der Waals surface area contributed by atoms with Crippen molar-refractivity contribution in [3.05, 3.63) is 10.4 Å². The molecule has 1 heterocycles. The molecule has 1 aromatic heterocycles. The summed E-state index contributed by atoms with van der Waals surface area (Å²) in [5.41, 5.74) is -0.823. The lowest BCUT2D eigenvalue weighted by Gasteiger charge is -2.12. The first-order valence-electron chi connectivity index (χ1n) is 4.16. The van der Waals surface area contributed by atoms with E-state index in [9.17, 15) is 9.36 Å². The fraction of sp³-hybridized carbons (Fsp3) is 0.667. The van der Waals surface area contributed by atoms with Crippen molar-refractivity contribution in [2.24, 2.45) is 0 Å². The van der Waals surface area contributed by atoms with Gasteiger partial charge in [-0.1, -0.05) is 0 Å². The van der Waals surface area contributed by atoms with Crippen molar-refractivity contribution in [1.29, 1.82) is 0 Å². The van der Waals surface area contributed by atoms with Gasteiger partial charge in [-0.15, -0.1) is 5.10 Å². The number of nitrogens with one attached hydrogen (secondary N) is 2. The molecule has 0 aliphatic heterocycles. The summed E-state index contributed by atoms with van der Waals surface area (Å²) in [5, 5.41) is 7.89. The van der Waals surface area contributed by atoms with Gasteiger partial charge in [0.25, 0.3) is 5.56 Å². The highest BCUT2D eigenvalue weighted by Gasteiger charge is 2.32. The maximum atomic E-state index is 11.9. The van der Waals surface area contributed by atoms with Crippen LogP contribution in [0.1, 0.15) is 13.8 Å². The topological polar surface area (TPSA) is 97.1 Å². The Hall–Kier alpha value is -0.910. The van der Waals surface area contributed by atoms with Crippen LogP contribution >= 0.6 is 7.60 Å². The fourth-order valence-corrected chi connectivity index (χ4v) is 2.40. The molecule has 7 nitrogen and oxygen atoms in total. The van der Waals surface area contributed by atoms with Crippen molar-refractivity contribution in [3.63, 3.8) is 0 Å². The molecule has 1 aromatic rings. The minimum Gasteiger partial charge on any atom is -0.304 e. The predicted molar refractivity (Wildman–Crippen MR) is 49.7 cm³/mol. The van der Waals surface area contributed by atoms with Crippen LogP contribution in [0, 0.1) is 0 Å². The van der Waals surface area contributed by atoms with Crippen molar-refractivity contribution in [2.75, 3.05) is 13.2 Å². The van der Waals surface area contributed by atoms with Gasteiger partial charge in [0, 0.05) is 0 Å². The Morgan fingerprint density at radius 3 is 2.29 bits per heavy atom. The molecule has 0 aliphatic rings. The first-order valence-corrected chi connectivity index (χ1v) is 5.71. The van der Waals surface area contributed by atoms with Gasteiger partial charge in [0.1, 0.15) is 0 Å². The van der Waals surface area contributed by atoms with E-state index >= 15 is 0 Å². The van der Waals surface area contributed by atoms with Crippen LogP contribution in [0.2, 0.25) is 0 Å². The van der Waals surface area contributed by atoms with Crippen molar-refractivity contribution in [2.45, 2.75) is 13.8 Å². The van der Waals surface area contributed by atoms with Gasteiger partial charge in [0.2, 0.25) is 5.44 Å². The Kier molecular flexibility index (Phi) is 3.62. The molecule has 14 heavy (non-hydrogen) atoms. The summed E-state index contributed by atoms with van der Waals surface area (Å²) < 4.78 is 21.8. The second-order valence-corrected chi connectivity index (χ2v) is 4.27. The van der Waals surface area contributed by atoms with E-state index in [2.05, 4.69) is 15.4 Å². The van der Waals surface area contributed by atoms with E-state index in [1.54, 1.807) is 13.8 Å². The number of nitrogens with zero attached hydrogens (tertiary/aromatic N) is 1. The van der Waals surface area contributed by atoms with Gasteiger partial charge in [-0.2, -0.15) is 0 Å². The van der Waals surface area contributed by atoms with E-state index in [0.717, 1.165) is 0 Å². The molecule has 0 unspecified atom stereocenters. The summed E-state index contributed by atoms with van der Waals surface area (Å²) in [7, 11) is -3.55. The van der Waals surface area contributed by atoms with Crippen molar-refractivity contribution >= 4 is 13.0 Å². The molecule has 0 saturated carbocycles. The molecule has 0 atom stereocenters. The largest absolute Gasteiger partial charge is 0.387 e. The summed E-state index contributed by atoms with van der Waals surface area (Å²) in [6.07, 6.45) is 0. The van der Waals surface area contributed by atoms with Crippen molar-refractivity contribution in [1.82, 2.24) is 15.4 Å². The van der Waals surface area contributed by atoms with E-state index in [4.69, 9.17) is 9.05 Å². The summed E-state index contributed by atoms with van der Waals surface area (Å²) in [6, 6.07) is 0. The molecule has 0 spiro atoms. The lowest BCUT2D eigenvalue weighted by Crippen LogP contribution is -2.26. The molecule has 1 rings (SSSR count). The molecule has 0 aromatic carbocycles.